The maximum absolute atomic E-state index is 12.5. The van der Waals surface area contributed by atoms with Crippen LogP contribution < -0.4 is 11.1 Å². The van der Waals surface area contributed by atoms with E-state index in [-0.39, 0.29) is 23.9 Å². The normalized spacial score (nSPS) is 14.9. The summed E-state index contributed by atoms with van der Waals surface area (Å²) < 4.78 is 0. The van der Waals surface area contributed by atoms with Crippen molar-refractivity contribution in [1.29, 1.82) is 0 Å². The summed E-state index contributed by atoms with van der Waals surface area (Å²) in [4.78, 5) is 12.5. The lowest BCUT2D eigenvalue weighted by Crippen LogP contribution is -2.37. The van der Waals surface area contributed by atoms with E-state index in [0.29, 0.717) is 0 Å². The number of carbonyl (C=O) groups excluding carboxylic acids is 1. The van der Waals surface area contributed by atoms with Crippen molar-refractivity contribution in [2.75, 3.05) is 0 Å². The number of hydrogen-bond donors (Lipinski definition) is 2. The topological polar surface area (TPSA) is 55.1 Å². The molecule has 0 bridgehead atoms. The first-order chi connectivity index (χ1) is 10.5. The molecule has 3 atom stereocenters. The number of nitrogens with one attached hydrogen (secondary N) is 1. The highest BCUT2D eigenvalue weighted by atomic mass is 16.1. The van der Waals surface area contributed by atoms with E-state index in [4.69, 9.17) is 5.73 Å². The van der Waals surface area contributed by atoms with Gasteiger partial charge in [-0.15, -0.1) is 0 Å². The zero-order valence-corrected chi connectivity index (χ0v) is 13.4. The zero-order chi connectivity index (χ0) is 16.1. The minimum absolute atomic E-state index is 0.0212. The molecule has 2 aromatic carbocycles. The summed E-state index contributed by atoms with van der Waals surface area (Å²) in [5, 5.41) is 3.07. The Labute approximate surface area is 132 Å². The highest BCUT2D eigenvalue weighted by molar-refractivity contribution is 5.79. The Morgan fingerprint density at radius 2 is 1.59 bits per heavy atom. The van der Waals surface area contributed by atoms with E-state index in [2.05, 4.69) is 18.3 Å². The molecule has 2 aromatic rings. The van der Waals surface area contributed by atoms with Crippen LogP contribution in [0.2, 0.25) is 0 Å². The Morgan fingerprint density at radius 1 is 1.00 bits per heavy atom. The lowest BCUT2D eigenvalue weighted by Gasteiger charge is -2.23. The van der Waals surface area contributed by atoms with Crippen LogP contribution in [0.4, 0.5) is 0 Å². The Morgan fingerprint density at radius 3 is 2.23 bits per heavy atom. The fraction of sp³-hybridized carbons (Fsp3) is 0.316. The van der Waals surface area contributed by atoms with Crippen molar-refractivity contribution in [2.45, 2.75) is 32.9 Å². The molecule has 3 heteroatoms. The minimum atomic E-state index is -0.301. The van der Waals surface area contributed by atoms with Crippen molar-refractivity contribution in [1.82, 2.24) is 5.32 Å². The maximum Gasteiger partial charge on any atom is 0.225 e. The van der Waals surface area contributed by atoms with E-state index in [0.717, 1.165) is 11.1 Å². The molecule has 3 unspecified atom stereocenters. The highest BCUT2D eigenvalue weighted by Gasteiger charge is 2.23. The van der Waals surface area contributed by atoms with E-state index in [1.165, 1.54) is 5.56 Å². The van der Waals surface area contributed by atoms with Crippen molar-refractivity contribution in [3.05, 3.63) is 71.3 Å². The van der Waals surface area contributed by atoms with Crippen LogP contribution in [-0.4, -0.2) is 5.91 Å². The van der Waals surface area contributed by atoms with Crippen LogP contribution in [-0.2, 0) is 4.79 Å². The van der Waals surface area contributed by atoms with Crippen LogP contribution in [0.5, 0.6) is 0 Å². The second-order valence-corrected chi connectivity index (χ2v) is 5.81. The zero-order valence-electron chi connectivity index (χ0n) is 13.4. The Kier molecular flexibility index (Phi) is 5.34. The van der Waals surface area contributed by atoms with E-state index >= 15 is 0 Å². The van der Waals surface area contributed by atoms with Gasteiger partial charge in [-0.25, -0.2) is 0 Å². The van der Waals surface area contributed by atoms with Crippen molar-refractivity contribution in [2.24, 2.45) is 11.7 Å². The van der Waals surface area contributed by atoms with Gasteiger partial charge in [-0.1, -0.05) is 61.5 Å². The summed E-state index contributed by atoms with van der Waals surface area (Å²) >= 11 is 0. The van der Waals surface area contributed by atoms with Crippen LogP contribution in [0.25, 0.3) is 0 Å². The molecule has 0 saturated carbocycles. The third kappa shape index (κ3) is 3.74. The fourth-order valence-electron chi connectivity index (χ4n) is 2.62. The molecular weight excluding hydrogens is 272 g/mol. The number of nitrogens with two attached hydrogens (primary N) is 1. The molecule has 0 aromatic heterocycles. The number of aryl methyl sites for hydroxylation is 1. The summed E-state index contributed by atoms with van der Waals surface area (Å²) in [5.74, 6) is -0.305. The quantitative estimate of drug-likeness (QED) is 0.887. The van der Waals surface area contributed by atoms with Gasteiger partial charge < -0.3 is 11.1 Å². The minimum Gasteiger partial charge on any atom is -0.349 e. The average molecular weight is 296 g/mol. The molecular formula is C19H24N2O. The number of hydrogen-bond acceptors (Lipinski definition) is 2. The predicted molar refractivity (Wildman–Crippen MR) is 90.3 cm³/mol. The highest BCUT2D eigenvalue weighted by Crippen LogP contribution is 2.21. The van der Waals surface area contributed by atoms with Gasteiger partial charge in [0.1, 0.15) is 0 Å². The molecule has 2 rings (SSSR count). The smallest absolute Gasteiger partial charge is 0.225 e. The molecule has 1 amide bonds. The Hall–Kier alpha value is -2.13. The van der Waals surface area contributed by atoms with Gasteiger partial charge in [0.25, 0.3) is 0 Å². The molecule has 116 valence electrons. The van der Waals surface area contributed by atoms with E-state index in [1.807, 2.05) is 62.4 Å². The van der Waals surface area contributed by atoms with Crippen molar-refractivity contribution in [3.63, 3.8) is 0 Å². The average Bonchev–Trinajstić information content (AvgIpc) is 2.54. The summed E-state index contributed by atoms with van der Waals surface area (Å²) in [6.45, 7) is 5.93. The van der Waals surface area contributed by atoms with Crippen LogP contribution >= 0.6 is 0 Å². The van der Waals surface area contributed by atoms with Gasteiger partial charge in [0, 0.05) is 6.04 Å². The molecule has 3 N–H and O–H groups in total. The molecule has 3 nitrogen and oxygen atoms in total. The summed E-state index contributed by atoms with van der Waals surface area (Å²) in [5.41, 5.74) is 9.51. The first-order valence-electron chi connectivity index (χ1n) is 7.67. The lowest BCUT2D eigenvalue weighted by molar-refractivity contribution is -0.125. The molecule has 0 radical (unpaired) electrons. The molecule has 0 fully saturated rings. The van der Waals surface area contributed by atoms with Crippen LogP contribution in [0.15, 0.2) is 54.6 Å². The van der Waals surface area contributed by atoms with Crippen molar-refractivity contribution >= 4 is 5.91 Å². The molecule has 0 aliphatic carbocycles. The van der Waals surface area contributed by atoms with Gasteiger partial charge in [0.15, 0.2) is 0 Å². The molecule has 0 saturated heterocycles. The SMILES string of the molecule is Cc1ccccc1C(C)NC(=O)C(C)C(N)c1ccccc1. The van der Waals surface area contributed by atoms with E-state index in [1.54, 1.807) is 0 Å². The van der Waals surface area contributed by atoms with E-state index < -0.39 is 0 Å². The molecule has 22 heavy (non-hydrogen) atoms. The third-order valence-corrected chi connectivity index (χ3v) is 4.15. The maximum atomic E-state index is 12.5. The fourth-order valence-corrected chi connectivity index (χ4v) is 2.62. The lowest BCUT2D eigenvalue weighted by atomic mass is 9.94. The standard InChI is InChI=1S/C19H24N2O/c1-13-9-7-8-12-17(13)15(3)21-19(22)14(2)18(20)16-10-5-4-6-11-16/h4-12,14-15,18H,20H2,1-3H3,(H,21,22). The number of carbonyl (C=O) groups is 1. The monoisotopic (exact) mass is 296 g/mol. The molecule has 0 heterocycles. The molecule has 0 aliphatic heterocycles. The van der Waals surface area contributed by atoms with Gasteiger partial charge in [-0.3, -0.25) is 4.79 Å². The number of benzene rings is 2. The first kappa shape index (κ1) is 16.2. The van der Waals surface area contributed by atoms with Crippen LogP contribution in [0.1, 0.15) is 42.6 Å². The van der Waals surface area contributed by atoms with Crippen LogP contribution in [0.3, 0.4) is 0 Å². The molecule has 0 spiro atoms. The Balaban J connectivity index is 2.04. The third-order valence-electron chi connectivity index (χ3n) is 4.15. The van der Waals surface area contributed by atoms with Gasteiger partial charge in [-0.2, -0.15) is 0 Å². The van der Waals surface area contributed by atoms with Crippen molar-refractivity contribution in [3.8, 4) is 0 Å². The van der Waals surface area contributed by atoms with Gasteiger partial charge >= 0.3 is 0 Å². The van der Waals surface area contributed by atoms with Crippen LogP contribution in [0, 0.1) is 12.8 Å². The summed E-state index contributed by atoms with van der Waals surface area (Å²) in [6, 6.07) is 17.5. The largest absolute Gasteiger partial charge is 0.349 e. The van der Waals surface area contributed by atoms with Gasteiger partial charge in [-0.05, 0) is 30.5 Å². The molecule has 0 aliphatic rings. The second kappa shape index (κ2) is 7.23. The predicted octanol–water partition coefficient (Wildman–Crippen LogP) is 3.51. The first-order valence-corrected chi connectivity index (χ1v) is 7.67. The second-order valence-electron chi connectivity index (χ2n) is 5.81. The number of rotatable bonds is 5. The van der Waals surface area contributed by atoms with Crippen molar-refractivity contribution < 1.29 is 4.79 Å². The van der Waals surface area contributed by atoms with E-state index in [9.17, 15) is 4.79 Å². The summed E-state index contributed by atoms with van der Waals surface area (Å²) in [6.07, 6.45) is 0. The Bertz CT molecular complexity index is 624. The number of amides is 1. The van der Waals surface area contributed by atoms with Gasteiger partial charge in [0.2, 0.25) is 5.91 Å². The summed E-state index contributed by atoms with van der Waals surface area (Å²) in [7, 11) is 0. The van der Waals surface area contributed by atoms with Gasteiger partial charge in [0.05, 0.1) is 12.0 Å².